The van der Waals surface area contributed by atoms with Crippen molar-refractivity contribution in [1.29, 1.82) is 0 Å². The van der Waals surface area contributed by atoms with Crippen molar-refractivity contribution < 1.29 is 23.5 Å². The van der Waals surface area contributed by atoms with E-state index in [-0.39, 0.29) is 12.5 Å². The lowest BCUT2D eigenvalue weighted by atomic mass is 10.2. The van der Waals surface area contributed by atoms with Gasteiger partial charge in [0.1, 0.15) is 18.1 Å². The third-order valence-corrected chi connectivity index (χ3v) is 5.73. The minimum atomic E-state index is -0.290. The third kappa shape index (κ3) is 4.31. The number of amides is 1. The Morgan fingerprint density at radius 1 is 1.10 bits per heavy atom. The molecule has 0 unspecified atom stereocenters. The molecular formula is C22H21N3O5S. The number of hydrogen-bond acceptors (Lipinski definition) is 8. The van der Waals surface area contributed by atoms with E-state index in [0.29, 0.717) is 28.0 Å². The Morgan fingerprint density at radius 2 is 1.94 bits per heavy atom. The molecule has 0 saturated heterocycles. The fourth-order valence-electron chi connectivity index (χ4n) is 3.04. The Balaban J connectivity index is 1.49. The first-order chi connectivity index (χ1) is 15.0. The molecule has 9 heteroatoms. The van der Waals surface area contributed by atoms with Gasteiger partial charge in [0.25, 0.3) is 5.91 Å². The molecule has 2 heterocycles. The van der Waals surface area contributed by atoms with Crippen molar-refractivity contribution in [3.8, 4) is 17.2 Å². The Bertz CT molecular complexity index is 1230. The van der Waals surface area contributed by atoms with Gasteiger partial charge in [0.05, 0.1) is 35.7 Å². The predicted molar refractivity (Wildman–Crippen MR) is 117 cm³/mol. The number of benzene rings is 2. The standard InChI is InChI=1S/C22H21N3O5S/c1-12-16(13(2)30-25-12)11-29-18-8-5-14(9-19(18)28-4)21(26)24-22-23-17-7-6-15(27-3)10-20(17)31-22/h5-10H,11H2,1-4H3,(H,23,24,26). The van der Waals surface area contributed by atoms with Crippen LogP contribution in [0.15, 0.2) is 40.9 Å². The molecule has 0 aliphatic heterocycles. The number of fused-ring (bicyclic) bond motifs is 1. The summed E-state index contributed by atoms with van der Waals surface area (Å²) in [5.41, 5.74) is 2.89. The second-order valence-electron chi connectivity index (χ2n) is 6.76. The van der Waals surface area contributed by atoms with E-state index in [9.17, 15) is 4.79 Å². The van der Waals surface area contributed by atoms with Gasteiger partial charge in [-0.25, -0.2) is 4.98 Å². The Morgan fingerprint density at radius 3 is 2.65 bits per heavy atom. The summed E-state index contributed by atoms with van der Waals surface area (Å²) in [6.07, 6.45) is 0. The summed E-state index contributed by atoms with van der Waals surface area (Å²) in [4.78, 5) is 17.2. The molecule has 8 nitrogen and oxygen atoms in total. The molecule has 4 rings (SSSR count). The Labute approximate surface area is 182 Å². The number of hydrogen-bond donors (Lipinski definition) is 1. The Kier molecular flexibility index (Phi) is 5.77. The molecule has 0 fully saturated rings. The monoisotopic (exact) mass is 439 g/mol. The normalized spacial score (nSPS) is 10.8. The average molecular weight is 439 g/mol. The molecule has 2 aromatic heterocycles. The lowest BCUT2D eigenvalue weighted by Crippen LogP contribution is -2.12. The lowest BCUT2D eigenvalue weighted by molar-refractivity contribution is 0.102. The van der Waals surface area contributed by atoms with E-state index >= 15 is 0 Å². The number of carbonyl (C=O) groups excluding carboxylic acids is 1. The Hall–Kier alpha value is -3.59. The molecule has 0 atom stereocenters. The van der Waals surface area contributed by atoms with Crippen LogP contribution in [-0.2, 0) is 6.61 Å². The summed E-state index contributed by atoms with van der Waals surface area (Å²) in [5, 5.41) is 7.26. The van der Waals surface area contributed by atoms with Crippen LogP contribution in [0.3, 0.4) is 0 Å². The van der Waals surface area contributed by atoms with Gasteiger partial charge in [-0.15, -0.1) is 0 Å². The first-order valence-corrected chi connectivity index (χ1v) is 10.3. The average Bonchev–Trinajstić information content (AvgIpc) is 3.33. The molecule has 31 heavy (non-hydrogen) atoms. The van der Waals surface area contributed by atoms with Crippen molar-refractivity contribution >= 4 is 32.6 Å². The van der Waals surface area contributed by atoms with Crippen LogP contribution in [0.4, 0.5) is 5.13 Å². The minimum absolute atomic E-state index is 0.290. The molecule has 0 aliphatic carbocycles. The zero-order chi connectivity index (χ0) is 22.0. The number of rotatable bonds is 7. The zero-order valence-corrected chi connectivity index (χ0v) is 18.3. The molecule has 0 bridgehead atoms. The molecule has 0 radical (unpaired) electrons. The van der Waals surface area contributed by atoms with Gasteiger partial charge >= 0.3 is 0 Å². The van der Waals surface area contributed by atoms with Crippen LogP contribution in [0.25, 0.3) is 10.2 Å². The topological polar surface area (TPSA) is 95.7 Å². The van der Waals surface area contributed by atoms with Crippen molar-refractivity contribution in [3.05, 3.63) is 59.0 Å². The number of aromatic nitrogens is 2. The van der Waals surface area contributed by atoms with E-state index < -0.39 is 0 Å². The van der Waals surface area contributed by atoms with Gasteiger partial charge in [-0.2, -0.15) is 0 Å². The summed E-state index contributed by atoms with van der Waals surface area (Å²) in [6, 6.07) is 10.6. The fraction of sp³-hybridized carbons (Fsp3) is 0.227. The molecule has 1 amide bonds. The lowest BCUT2D eigenvalue weighted by Gasteiger charge is -2.12. The number of nitrogens with one attached hydrogen (secondary N) is 1. The largest absolute Gasteiger partial charge is 0.497 e. The van der Waals surface area contributed by atoms with Crippen LogP contribution >= 0.6 is 11.3 Å². The van der Waals surface area contributed by atoms with Gasteiger partial charge in [0.2, 0.25) is 0 Å². The maximum Gasteiger partial charge on any atom is 0.257 e. The predicted octanol–water partition coefficient (Wildman–Crippen LogP) is 4.75. The van der Waals surface area contributed by atoms with Gasteiger partial charge in [-0.3, -0.25) is 10.1 Å². The number of aryl methyl sites for hydroxylation is 2. The number of thiazole rings is 1. The number of carbonyl (C=O) groups is 1. The van der Waals surface area contributed by atoms with Gasteiger partial charge in [-0.1, -0.05) is 16.5 Å². The minimum Gasteiger partial charge on any atom is -0.497 e. The molecule has 0 spiro atoms. The summed E-state index contributed by atoms with van der Waals surface area (Å²) in [5.74, 6) is 2.13. The molecule has 1 N–H and O–H groups in total. The molecule has 4 aromatic rings. The fourth-order valence-corrected chi connectivity index (χ4v) is 3.93. The molecular weight excluding hydrogens is 418 g/mol. The van der Waals surface area contributed by atoms with Crippen LogP contribution in [0, 0.1) is 13.8 Å². The SMILES string of the molecule is COc1ccc2nc(NC(=O)c3ccc(OCc4c(C)noc4C)c(OC)c3)sc2c1. The molecule has 2 aromatic carbocycles. The number of methoxy groups -OCH3 is 2. The maximum atomic E-state index is 12.7. The van der Waals surface area contributed by atoms with Crippen molar-refractivity contribution in [1.82, 2.24) is 10.1 Å². The number of nitrogens with zero attached hydrogens (tertiary/aromatic N) is 2. The maximum absolute atomic E-state index is 12.7. The molecule has 0 aliphatic rings. The zero-order valence-electron chi connectivity index (χ0n) is 17.5. The summed E-state index contributed by atoms with van der Waals surface area (Å²) < 4.78 is 22.6. The van der Waals surface area contributed by atoms with Crippen molar-refractivity contribution in [2.45, 2.75) is 20.5 Å². The number of anilines is 1. The molecule has 0 saturated carbocycles. The van der Waals surface area contributed by atoms with E-state index in [4.69, 9.17) is 18.7 Å². The van der Waals surface area contributed by atoms with Gasteiger partial charge in [0, 0.05) is 5.56 Å². The van der Waals surface area contributed by atoms with E-state index in [1.165, 1.54) is 18.4 Å². The summed E-state index contributed by atoms with van der Waals surface area (Å²) in [7, 11) is 3.14. The summed E-state index contributed by atoms with van der Waals surface area (Å²) in [6.45, 7) is 3.98. The first-order valence-electron chi connectivity index (χ1n) is 9.47. The highest BCUT2D eigenvalue weighted by molar-refractivity contribution is 7.22. The van der Waals surface area contributed by atoms with Crippen LogP contribution < -0.4 is 19.5 Å². The van der Waals surface area contributed by atoms with Crippen molar-refractivity contribution in [2.24, 2.45) is 0 Å². The van der Waals surface area contributed by atoms with E-state index in [1.807, 2.05) is 32.0 Å². The second-order valence-corrected chi connectivity index (χ2v) is 7.79. The van der Waals surface area contributed by atoms with Crippen LogP contribution in [0.1, 0.15) is 27.4 Å². The first kappa shape index (κ1) is 20.7. The van der Waals surface area contributed by atoms with Crippen molar-refractivity contribution in [3.63, 3.8) is 0 Å². The van der Waals surface area contributed by atoms with Gasteiger partial charge in [-0.05, 0) is 50.2 Å². The van der Waals surface area contributed by atoms with Crippen LogP contribution in [0.2, 0.25) is 0 Å². The van der Waals surface area contributed by atoms with Crippen LogP contribution in [0.5, 0.6) is 17.2 Å². The van der Waals surface area contributed by atoms with E-state index in [2.05, 4.69) is 15.5 Å². The third-order valence-electron chi connectivity index (χ3n) is 4.80. The second kappa shape index (κ2) is 8.65. The van der Waals surface area contributed by atoms with E-state index in [0.717, 1.165) is 27.2 Å². The highest BCUT2D eigenvalue weighted by atomic mass is 32.1. The van der Waals surface area contributed by atoms with Gasteiger partial charge < -0.3 is 18.7 Å². The molecule has 160 valence electrons. The van der Waals surface area contributed by atoms with Crippen LogP contribution in [-0.4, -0.2) is 30.3 Å². The van der Waals surface area contributed by atoms with E-state index in [1.54, 1.807) is 25.3 Å². The van der Waals surface area contributed by atoms with Crippen molar-refractivity contribution in [2.75, 3.05) is 19.5 Å². The smallest absolute Gasteiger partial charge is 0.257 e. The highest BCUT2D eigenvalue weighted by Crippen LogP contribution is 2.32. The quantitative estimate of drug-likeness (QED) is 0.444. The summed E-state index contributed by atoms with van der Waals surface area (Å²) >= 11 is 1.38. The number of ether oxygens (including phenoxy) is 3. The van der Waals surface area contributed by atoms with Gasteiger partial charge in [0.15, 0.2) is 16.6 Å². The highest BCUT2D eigenvalue weighted by Gasteiger charge is 2.15.